The van der Waals surface area contributed by atoms with E-state index in [1.165, 1.54) is 5.56 Å². The summed E-state index contributed by atoms with van der Waals surface area (Å²) < 4.78 is 18.9. The second-order valence-electron chi connectivity index (χ2n) is 12.1. The highest BCUT2D eigenvalue weighted by atomic mass is 16.5. The van der Waals surface area contributed by atoms with Crippen molar-refractivity contribution in [1.29, 1.82) is 5.26 Å². The smallest absolute Gasteiger partial charge is 0.223 e. The van der Waals surface area contributed by atoms with Crippen molar-refractivity contribution in [3.05, 3.63) is 53.1 Å². The number of hydrogen-bond acceptors (Lipinski definition) is 5. The molecule has 4 rings (SSSR count). The van der Waals surface area contributed by atoms with Gasteiger partial charge >= 0.3 is 0 Å². The molecule has 2 aromatic carbocycles. The molecule has 3 unspecified atom stereocenters. The third-order valence-corrected chi connectivity index (χ3v) is 8.22. The Balaban J connectivity index is 1.48. The molecule has 216 valence electrons. The number of nitriles is 1. The van der Waals surface area contributed by atoms with E-state index in [1.54, 1.807) is 12.1 Å². The zero-order valence-corrected chi connectivity index (χ0v) is 24.8. The average molecular weight is 547 g/mol. The lowest BCUT2D eigenvalue weighted by atomic mass is 9.77. The Kier molecular flexibility index (Phi) is 10.4. The van der Waals surface area contributed by atoms with Gasteiger partial charge in [-0.05, 0) is 119 Å². The third kappa shape index (κ3) is 7.93. The van der Waals surface area contributed by atoms with Crippen molar-refractivity contribution in [2.24, 2.45) is 5.92 Å². The molecule has 2 aliphatic rings. The van der Waals surface area contributed by atoms with E-state index in [2.05, 4.69) is 51.2 Å². The van der Waals surface area contributed by atoms with E-state index in [4.69, 9.17) is 19.5 Å². The van der Waals surface area contributed by atoms with Gasteiger partial charge in [-0.3, -0.25) is 4.79 Å². The fourth-order valence-electron chi connectivity index (χ4n) is 6.10. The van der Waals surface area contributed by atoms with E-state index in [9.17, 15) is 4.79 Å². The molecule has 2 aromatic rings. The van der Waals surface area contributed by atoms with Crippen LogP contribution in [0.3, 0.4) is 0 Å². The summed E-state index contributed by atoms with van der Waals surface area (Å²) in [6.45, 7) is 10.8. The average Bonchev–Trinajstić information content (AvgIpc) is 2.92. The number of carbonyl (C=O) groups is 1. The van der Waals surface area contributed by atoms with E-state index in [-0.39, 0.29) is 23.3 Å². The van der Waals surface area contributed by atoms with Gasteiger partial charge in [-0.2, -0.15) is 5.26 Å². The number of carbonyl (C=O) groups excluding carboxylic acids is 1. The highest BCUT2D eigenvalue weighted by molar-refractivity contribution is 5.78. The van der Waals surface area contributed by atoms with Crippen LogP contribution >= 0.6 is 0 Å². The lowest BCUT2D eigenvalue weighted by molar-refractivity contribution is -0.125. The highest BCUT2D eigenvalue weighted by Gasteiger charge is 2.38. The number of benzene rings is 2. The molecule has 1 amide bonds. The lowest BCUT2D eigenvalue weighted by Gasteiger charge is -2.40. The Labute approximate surface area is 240 Å². The van der Waals surface area contributed by atoms with Crippen LogP contribution in [-0.2, 0) is 4.79 Å². The molecule has 40 heavy (non-hydrogen) atoms. The molecule has 3 atom stereocenters. The van der Waals surface area contributed by atoms with Crippen molar-refractivity contribution in [2.75, 3.05) is 19.8 Å². The van der Waals surface area contributed by atoms with Crippen molar-refractivity contribution in [3.63, 3.8) is 0 Å². The van der Waals surface area contributed by atoms with Crippen molar-refractivity contribution in [2.45, 2.75) is 103 Å². The lowest BCUT2D eigenvalue weighted by Crippen LogP contribution is -2.38. The fourth-order valence-corrected chi connectivity index (χ4v) is 6.10. The minimum atomic E-state index is -0.302. The standard InChI is InChI=1S/C34H46N2O4/c1-5-10-26-19-28-22-34(3,4)40-31-21-27(20-30(32(28)31)39-18-9-7-16-36-33(26)37)24(2)11-6-8-17-38-29-14-12-25(23-35)13-15-29/h12-15,20-21,24,26,28H,5-11,16-19,22H2,1-4H3,(H,36,37). The number of unbranched alkanes of at least 4 members (excludes halogenated alkanes) is 1. The quantitative estimate of drug-likeness (QED) is 0.327. The molecule has 0 aliphatic carbocycles. The minimum Gasteiger partial charge on any atom is -0.494 e. The third-order valence-electron chi connectivity index (χ3n) is 8.22. The molecule has 0 spiro atoms. The molecule has 6 nitrogen and oxygen atoms in total. The van der Waals surface area contributed by atoms with Gasteiger partial charge in [-0.25, -0.2) is 0 Å². The molecule has 0 saturated carbocycles. The van der Waals surface area contributed by atoms with E-state index >= 15 is 0 Å². The number of ether oxygens (including phenoxy) is 3. The second-order valence-corrected chi connectivity index (χ2v) is 12.1. The molecule has 1 N–H and O–H groups in total. The largest absolute Gasteiger partial charge is 0.494 e. The van der Waals surface area contributed by atoms with Gasteiger partial charge in [0.05, 0.1) is 24.8 Å². The summed E-state index contributed by atoms with van der Waals surface area (Å²) in [6, 6.07) is 13.9. The maximum Gasteiger partial charge on any atom is 0.223 e. The predicted octanol–water partition coefficient (Wildman–Crippen LogP) is 7.65. The van der Waals surface area contributed by atoms with Crippen LogP contribution in [0, 0.1) is 17.2 Å². The van der Waals surface area contributed by atoms with E-state index < -0.39 is 0 Å². The first-order valence-electron chi connectivity index (χ1n) is 15.2. The van der Waals surface area contributed by atoms with Crippen LogP contribution in [0.5, 0.6) is 17.2 Å². The molecule has 0 fully saturated rings. The number of amides is 1. The SMILES string of the molecule is CCCC1CC2CC(C)(C)Oc3cc(C(C)CCCCOc4ccc(C#N)cc4)cc(c32)OCCCCNC1=O. The van der Waals surface area contributed by atoms with Gasteiger partial charge in [0.2, 0.25) is 5.91 Å². The normalized spacial score (nSPS) is 21.2. The van der Waals surface area contributed by atoms with E-state index in [0.29, 0.717) is 31.2 Å². The van der Waals surface area contributed by atoms with Crippen LogP contribution < -0.4 is 19.5 Å². The van der Waals surface area contributed by atoms with Gasteiger partial charge in [-0.1, -0.05) is 20.3 Å². The molecular formula is C34H46N2O4. The summed E-state index contributed by atoms with van der Waals surface area (Å²) >= 11 is 0. The molecule has 0 bridgehead atoms. The molecule has 2 aliphatic heterocycles. The topological polar surface area (TPSA) is 80.6 Å². The van der Waals surface area contributed by atoms with Gasteiger partial charge in [-0.15, -0.1) is 0 Å². The molecule has 6 heteroatoms. The highest BCUT2D eigenvalue weighted by Crippen LogP contribution is 2.50. The monoisotopic (exact) mass is 546 g/mol. The van der Waals surface area contributed by atoms with E-state index in [0.717, 1.165) is 80.6 Å². The first-order valence-corrected chi connectivity index (χ1v) is 15.2. The summed E-state index contributed by atoms with van der Waals surface area (Å²) in [6.07, 6.45) is 8.47. The Bertz CT molecular complexity index is 1170. The first-order chi connectivity index (χ1) is 19.3. The molecule has 0 aromatic heterocycles. The van der Waals surface area contributed by atoms with Gasteiger partial charge in [0.15, 0.2) is 0 Å². The van der Waals surface area contributed by atoms with Gasteiger partial charge < -0.3 is 19.5 Å². The zero-order chi connectivity index (χ0) is 28.5. The van der Waals surface area contributed by atoms with Crippen LogP contribution in [0.4, 0.5) is 0 Å². The van der Waals surface area contributed by atoms with Crippen LogP contribution in [0.15, 0.2) is 36.4 Å². The van der Waals surface area contributed by atoms with Gasteiger partial charge in [0, 0.05) is 18.0 Å². The maximum atomic E-state index is 13.1. The Hall–Kier alpha value is -3.20. The minimum absolute atomic E-state index is 0.00845. The van der Waals surface area contributed by atoms with Crippen LogP contribution in [0.1, 0.15) is 114 Å². The number of hydrogen-bond donors (Lipinski definition) is 1. The molecular weight excluding hydrogens is 500 g/mol. The van der Waals surface area contributed by atoms with Crippen molar-refractivity contribution >= 4 is 5.91 Å². The van der Waals surface area contributed by atoms with Crippen LogP contribution in [0.25, 0.3) is 0 Å². The predicted molar refractivity (Wildman–Crippen MR) is 158 cm³/mol. The molecule has 0 radical (unpaired) electrons. The van der Waals surface area contributed by atoms with Crippen LogP contribution in [0.2, 0.25) is 0 Å². The Morgan fingerprint density at radius 2 is 1.93 bits per heavy atom. The van der Waals surface area contributed by atoms with Crippen molar-refractivity contribution in [1.82, 2.24) is 5.32 Å². The number of nitrogens with zero attached hydrogens (tertiary/aromatic N) is 1. The number of nitrogens with one attached hydrogen (secondary N) is 1. The van der Waals surface area contributed by atoms with E-state index in [1.807, 2.05) is 12.1 Å². The summed E-state index contributed by atoms with van der Waals surface area (Å²) in [5.41, 5.74) is 2.74. The summed E-state index contributed by atoms with van der Waals surface area (Å²) in [7, 11) is 0. The second kappa shape index (κ2) is 13.9. The molecule has 0 saturated heterocycles. The van der Waals surface area contributed by atoms with Crippen molar-refractivity contribution in [3.8, 4) is 23.3 Å². The number of rotatable bonds is 9. The fraction of sp³-hybridized carbons (Fsp3) is 0.588. The maximum absolute atomic E-state index is 13.1. The van der Waals surface area contributed by atoms with Gasteiger partial charge in [0.1, 0.15) is 22.8 Å². The van der Waals surface area contributed by atoms with Gasteiger partial charge in [0.25, 0.3) is 0 Å². The Morgan fingerprint density at radius 3 is 2.67 bits per heavy atom. The Morgan fingerprint density at radius 1 is 1.15 bits per heavy atom. The summed E-state index contributed by atoms with van der Waals surface area (Å²) in [5, 5.41) is 12.1. The van der Waals surface area contributed by atoms with Crippen molar-refractivity contribution < 1.29 is 19.0 Å². The zero-order valence-electron chi connectivity index (χ0n) is 24.8. The molecule has 2 heterocycles. The summed E-state index contributed by atoms with van der Waals surface area (Å²) in [5.74, 6) is 3.46. The first kappa shape index (κ1) is 29.8. The van der Waals surface area contributed by atoms with Crippen LogP contribution in [-0.4, -0.2) is 31.3 Å². The summed E-state index contributed by atoms with van der Waals surface area (Å²) in [4.78, 5) is 13.1.